The van der Waals surface area contributed by atoms with Gasteiger partial charge < -0.3 is 14.2 Å². The number of hydrogen-bond donors (Lipinski definition) is 0. The monoisotopic (exact) mass is 396 g/mol. The van der Waals surface area contributed by atoms with Gasteiger partial charge in [0.2, 0.25) is 5.69 Å². The summed E-state index contributed by atoms with van der Waals surface area (Å²) in [5.41, 5.74) is 5.50. The molecule has 1 aliphatic heterocycles. The highest BCUT2D eigenvalue weighted by atomic mass is 35.5. The Labute approximate surface area is 170 Å². The van der Waals surface area contributed by atoms with Crippen molar-refractivity contribution in [2.45, 2.75) is 26.5 Å². The molecule has 0 saturated heterocycles. The molecule has 2 aromatic carbocycles. The van der Waals surface area contributed by atoms with Gasteiger partial charge in [0.25, 0.3) is 5.15 Å². The third kappa shape index (κ3) is 3.18. The van der Waals surface area contributed by atoms with E-state index in [0.717, 1.165) is 58.2 Å². The standard InChI is InChI=1S/C23H23ClNO3/c1-15-20(28-14-16-7-5-4-6-8-16)13-21(24)25-12-11-18-17(22(15)25)9-10-19(26-2)23(18)27-3/h4-10,13H,11-12,14H2,1-3H3/q+1. The molecule has 1 aliphatic rings. The minimum absolute atomic E-state index is 0.500. The number of methoxy groups -OCH3 is 2. The normalized spacial score (nSPS) is 12.1. The molecule has 0 aliphatic carbocycles. The first-order valence-electron chi connectivity index (χ1n) is 9.28. The van der Waals surface area contributed by atoms with Crippen molar-refractivity contribution in [1.29, 1.82) is 0 Å². The van der Waals surface area contributed by atoms with Crippen molar-refractivity contribution in [3.05, 3.63) is 70.4 Å². The average molecular weight is 397 g/mol. The van der Waals surface area contributed by atoms with E-state index >= 15 is 0 Å². The second-order valence-corrected chi connectivity index (χ2v) is 7.20. The molecule has 4 nitrogen and oxygen atoms in total. The van der Waals surface area contributed by atoms with Crippen LogP contribution in [-0.4, -0.2) is 14.2 Å². The molecule has 144 valence electrons. The SMILES string of the molecule is COc1ccc2c(c1OC)CC[n+]1c(Cl)cc(OCc3ccccc3)c(C)c1-2. The highest BCUT2D eigenvalue weighted by molar-refractivity contribution is 6.28. The smallest absolute Gasteiger partial charge is 0.279 e. The van der Waals surface area contributed by atoms with Gasteiger partial charge in [0, 0.05) is 12.0 Å². The Hall–Kier alpha value is -2.72. The summed E-state index contributed by atoms with van der Waals surface area (Å²) in [6.45, 7) is 3.36. The number of nitrogens with zero attached hydrogens (tertiary/aromatic N) is 1. The largest absolute Gasteiger partial charge is 0.493 e. The molecule has 0 amide bonds. The molecule has 0 fully saturated rings. The molecule has 5 heteroatoms. The maximum absolute atomic E-state index is 6.63. The number of fused-ring (bicyclic) bond motifs is 3. The Balaban J connectivity index is 1.79. The molecular weight excluding hydrogens is 374 g/mol. The van der Waals surface area contributed by atoms with Crippen molar-refractivity contribution < 1.29 is 18.8 Å². The molecule has 0 unspecified atom stereocenters. The lowest BCUT2D eigenvalue weighted by Crippen LogP contribution is -2.42. The lowest BCUT2D eigenvalue weighted by Gasteiger charge is -2.22. The lowest BCUT2D eigenvalue weighted by atomic mass is 9.93. The Morgan fingerprint density at radius 2 is 1.79 bits per heavy atom. The zero-order valence-corrected chi connectivity index (χ0v) is 17.0. The fourth-order valence-electron chi connectivity index (χ4n) is 3.86. The molecule has 0 atom stereocenters. The van der Waals surface area contributed by atoms with Gasteiger partial charge in [-0.2, -0.15) is 4.57 Å². The third-order valence-electron chi connectivity index (χ3n) is 5.23. The van der Waals surface area contributed by atoms with E-state index in [-0.39, 0.29) is 0 Å². The second kappa shape index (κ2) is 7.72. The molecule has 28 heavy (non-hydrogen) atoms. The van der Waals surface area contributed by atoms with E-state index in [1.807, 2.05) is 30.3 Å². The molecule has 1 aromatic heterocycles. The van der Waals surface area contributed by atoms with Crippen LogP contribution in [0.3, 0.4) is 0 Å². The van der Waals surface area contributed by atoms with E-state index in [4.69, 9.17) is 25.8 Å². The third-order valence-corrected chi connectivity index (χ3v) is 5.54. The van der Waals surface area contributed by atoms with E-state index in [1.165, 1.54) is 0 Å². The van der Waals surface area contributed by atoms with Crippen LogP contribution in [0.25, 0.3) is 11.3 Å². The maximum atomic E-state index is 6.63. The number of aromatic nitrogens is 1. The average Bonchev–Trinajstić information content (AvgIpc) is 2.74. The van der Waals surface area contributed by atoms with Crippen molar-refractivity contribution in [1.82, 2.24) is 0 Å². The van der Waals surface area contributed by atoms with Crippen LogP contribution in [0.15, 0.2) is 48.5 Å². The minimum Gasteiger partial charge on any atom is -0.493 e. The Morgan fingerprint density at radius 3 is 2.50 bits per heavy atom. The predicted molar refractivity (Wildman–Crippen MR) is 109 cm³/mol. The molecular formula is C23H23ClNO3+. The predicted octanol–water partition coefficient (Wildman–Crippen LogP) is 4.76. The summed E-state index contributed by atoms with van der Waals surface area (Å²) in [7, 11) is 3.34. The first-order valence-corrected chi connectivity index (χ1v) is 9.65. The Bertz CT molecular complexity index is 1020. The Morgan fingerprint density at radius 1 is 1.00 bits per heavy atom. The van der Waals surface area contributed by atoms with Gasteiger partial charge in [-0.05, 0) is 36.2 Å². The molecule has 0 N–H and O–H groups in total. The van der Waals surface area contributed by atoms with E-state index in [1.54, 1.807) is 14.2 Å². The van der Waals surface area contributed by atoms with Gasteiger partial charge in [0.1, 0.15) is 12.4 Å². The maximum Gasteiger partial charge on any atom is 0.279 e. The summed E-state index contributed by atoms with van der Waals surface area (Å²) in [5, 5.41) is 0.670. The highest BCUT2D eigenvalue weighted by Crippen LogP contribution is 2.42. The van der Waals surface area contributed by atoms with Crippen LogP contribution < -0.4 is 18.8 Å². The van der Waals surface area contributed by atoms with Crippen LogP contribution in [-0.2, 0) is 19.6 Å². The minimum atomic E-state index is 0.500. The molecule has 4 rings (SSSR count). The van der Waals surface area contributed by atoms with Crippen LogP contribution in [0.4, 0.5) is 0 Å². The van der Waals surface area contributed by atoms with Gasteiger partial charge in [0.15, 0.2) is 18.0 Å². The lowest BCUT2D eigenvalue weighted by molar-refractivity contribution is -0.685. The first-order chi connectivity index (χ1) is 13.6. The summed E-state index contributed by atoms with van der Waals surface area (Å²) in [6, 6.07) is 16.1. The van der Waals surface area contributed by atoms with E-state index in [0.29, 0.717) is 11.8 Å². The van der Waals surface area contributed by atoms with E-state index in [9.17, 15) is 0 Å². The molecule has 3 aromatic rings. The Kier molecular flexibility index (Phi) is 5.14. The van der Waals surface area contributed by atoms with Crippen molar-refractivity contribution >= 4 is 11.6 Å². The zero-order valence-electron chi connectivity index (χ0n) is 16.3. The van der Waals surface area contributed by atoms with Crippen molar-refractivity contribution in [3.63, 3.8) is 0 Å². The number of ether oxygens (including phenoxy) is 3. The molecule has 0 spiro atoms. The molecule has 0 radical (unpaired) electrons. The number of rotatable bonds is 5. The van der Waals surface area contributed by atoms with Crippen LogP contribution in [0, 0.1) is 6.92 Å². The van der Waals surface area contributed by atoms with E-state index in [2.05, 4.69) is 29.7 Å². The highest BCUT2D eigenvalue weighted by Gasteiger charge is 2.32. The quantitative estimate of drug-likeness (QED) is 0.460. The summed E-state index contributed by atoms with van der Waals surface area (Å²) < 4.78 is 19.4. The summed E-state index contributed by atoms with van der Waals surface area (Å²) in [6.07, 6.45) is 0.830. The van der Waals surface area contributed by atoms with Crippen LogP contribution >= 0.6 is 11.6 Å². The zero-order chi connectivity index (χ0) is 19.7. The van der Waals surface area contributed by atoms with Crippen molar-refractivity contribution in [3.8, 4) is 28.5 Å². The van der Waals surface area contributed by atoms with E-state index < -0.39 is 0 Å². The van der Waals surface area contributed by atoms with Gasteiger partial charge in [0.05, 0.1) is 31.4 Å². The number of hydrogen-bond acceptors (Lipinski definition) is 3. The van der Waals surface area contributed by atoms with Gasteiger partial charge >= 0.3 is 0 Å². The summed E-state index contributed by atoms with van der Waals surface area (Å²) in [4.78, 5) is 0. The number of pyridine rings is 1. The van der Waals surface area contributed by atoms with Gasteiger partial charge in [-0.1, -0.05) is 30.3 Å². The fraction of sp³-hybridized carbons (Fsp3) is 0.261. The van der Waals surface area contributed by atoms with Gasteiger partial charge in [-0.15, -0.1) is 0 Å². The van der Waals surface area contributed by atoms with Gasteiger partial charge in [-0.3, -0.25) is 0 Å². The molecule has 2 heterocycles. The summed E-state index contributed by atoms with van der Waals surface area (Å²) >= 11 is 6.63. The van der Waals surface area contributed by atoms with Crippen molar-refractivity contribution in [2.24, 2.45) is 0 Å². The number of halogens is 1. The van der Waals surface area contributed by atoms with Crippen molar-refractivity contribution in [2.75, 3.05) is 14.2 Å². The van der Waals surface area contributed by atoms with Crippen LogP contribution in [0.2, 0.25) is 5.15 Å². The molecule has 0 saturated carbocycles. The van der Waals surface area contributed by atoms with Gasteiger partial charge in [-0.25, -0.2) is 0 Å². The second-order valence-electron chi connectivity index (χ2n) is 6.81. The number of benzene rings is 2. The van der Waals surface area contributed by atoms with Crippen LogP contribution in [0.1, 0.15) is 16.7 Å². The van der Waals surface area contributed by atoms with Crippen LogP contribution in [0.5, 0.6) is 17.2 Å². The topological polar surface area (TPSA) is 31.6 Å². The summed E-state index contributed by atoms with van der Waals surface area (Å²) in [5.74, 6) is 2.33. The molecule has 0 bridgehead atoms. The first kappa shape index (κ1) is 18.6. The fourth-order valence-corrected chi connectivity index (χ4v) is 4.12.